The third-order valence-corrected chi connectivity index (χ3v) is 7.32. The summed E-state index contributed by atoms with van der Waals surface area (Å²) in [5.74, 6) is 0.0948. The second-order valence-electron chi connectivity index (χ2n) is 8.45. The highest BCUT2D eigenvalue weighted by atomic mass is 32.2. The van der Waals surface area contributed by atoms with Crippen molar-refractivity contribution in [3.8, 4) is 0 Å². The van der Waals surface area contributed by atoms with Crippen LogP contribution >= 0.6 is 0 Å². The molecular formula is C20H31N3O4S. The molecule has 0 saturated carbocycles. The van der Waals surface area contributed by atoms with Crippen LogP contribution in [-0.4, -0.2) is 87.5 Å². The highest BCUT2D eigenvalue weighted by molar-refractivity contribution is 7.89. The molecular weight excluding hydrogens is 378 g/mol. The molecule has 156 valence electrons. The average Bonchev–Trinajstić information content (AvgIpc) is 2.68. The van der Waals surface area contributed by atoms with Crippen molar-refractivity contribution in [2.75, 3.05) is 59.0 Å². The molecule has 28 heavy (non-hydrogen) atoms. The SMILES string of the molecule is CC(C)(C)c1ccc(S(=O)(=O)N2CCN(CC(=O)N3CCOCC3)CC2)cc1. The molecule has 0 radical (unpaired) electrons. The number of ether oxygens (including phenoxy) is 1. The van der Waals surface area contributed by atoms with Gasteiger partial charge >= 0.3 is 0 Å². The Morgan fingerprint density at radius 3 is 2.07 bits per heavy atom. The molecule has 0 N–H and O–H groups in total. The molecule has 0 aliphatic carbocycles. The van der Waals surface area contributed by atoms with Gasteiger partial charge in [-0.05, 0) is 23.1 Å². The summed E-state index contributed by atoms with van der Waals surface area (Å²) in [4.78, 5) is 16.6. The number of rotatable bonds is 4. The molecule has 2 heterocycles. The van der Waals surface area contributed by atoms with E-state index in [1.54, 1.807) is 12.1 Å². The van der Waals surface area contributed by atoms with Crippen molar-refractivity contribution in [3.05, 3.63) is 29.8 Å². The Morgan fingerprint density at radius 2 is 1.54 bits per heavy atom. The Labute approximate surface area is 168 Å². The summed E-state index contributed by atoms with van der Waals surface area (Å²) in [7, 11) is -3.50. The van der Waals surface area contributed by atoms with Crippen molar-refractivity contribution in [3.63, 3.8) is 0 Å². The van der Waals surface area contributed by atoms with E-state index in [-0.39, 0.29) is 11.3 Å². The number of sulfonamides is 1. The van der Waals surface area contributed by atoms with Gasteiger partial charge in [-0.15, -0.1) is 0 Å². The first kappa shape index (κ1) is 21.2. The van der Waals surface area contributed by atoms with Gasteiger partial charge in [0.15, 0.2) is 0 Å². The van der Waals surface area contributed by atoms with Crippen LogP contribution in [0.2, 0.25) is 0 Å². The number of amides is 1. The number of nitrogens with zero attached hydrogens (tertiary/aromatic N) is 3. The van der Waals surface area contributed by atoms with Gasteiger partial charge in [-0.25, -0.2) is 8.42 Å². The molecule has 3 rings (SSSR count). The quantitative estimate of drug-likeness (QED) is 0.746. The summed E-state index contributed by atoms with van der Waals surface area (Å²) < 4.78 is 32.7. The molecule has 7 nitrogen and oxygen atoms in total. The second kappa shape index (κ2) is 8.49. The summed E-state index contributed by atoms with van der Waals surface area (Å²) >= 11 is 0. The van der Waals surface area contributed by atoms with Crippen molar-refractivity contribution in [2.24, 2.45) is 0 Å². The van der Waals surface area contributed by atoms with E-state index in [0.717, 1.165) is 5.56 Å². The summed E-state index contributed by atoms with van der Waals surface area (Å²) in [6.07, 6.45) is 0. The minimum Gasteiger partial charge on any atom is -0.378 e. The molecule has 0 bridgehead atoms. The Balaban J connectivity index is 1.56. The normalized spacial score (nSPS) is 20.3. The molecule has 0 aromatic heterocycles. The van der Waals surface area contributed by atoms with E-state index < -0.39 is 10.0 Å². The van der Waals surface area contributed by atoms with Crippen molar-refractivity contribution >= 4 is 15.9 Å². The lowest BCUT2D eigenvalue weighted by Gasteiger charge is -2.35. The molecule has 2 fully saturated rings. The van der Waals surface area contributed by atoms with Gasteiger partial charge in [0.25, 0.3) is 0 Å². The Hall–Kier alpha value is -1.48. The summed E-state index contributed by atoms with van der Waals surface area (Å²) in [5, 5.41) is 0. The predicted octanol–water partition coefficient (Wildman–Crippen LogP) is 1.15. The number of piperazine rings is 1. The number of hydrogen-bond acceptors (Lipinski definition) is 5. The van der Waals surface area contributed by atoms with Gasteiger partial charge in [0.05, 0.1) is 24.7 Å². The van der Waals surface area contributed by atoms with Crippen molar-refractivity contribution < 1.29 is 17.9 Å². The third kappa shape index (κ3) is 4.92. The van der Waals surface area contributed by atoms with E-state index in [4.69, 9.17) is 4.74 Å². The summed E-state index contributed by atoms with van der Waals surface area (Å²) in [6, 6.07) is 7.18. The van der Waals surface area contributed by atoms with E-state index in [1.807, 2.05) is 21.9 Å². The predicted molar refractivity (Wildman–Crippen MR) is 108 cm³/mol. The van der Waals surface area contributed by atoms with Gasteiger partial charge in [-0.3, -0.25) is 9.69 Å². The molecule has 8 heteroatoms. The molecule has 0 spiro atoms. The number of carbonyl (C=O) groups excluding carboxylic acids is 1. The maximum atomic E-state index is 12.9. The summed E-state index contributed by atoms with van der Waals surface area (Å²) in [6.45, 7) is 11.0. The lowest BCUT2D eigenvalue weighted by Crippen LogP contribution is -2.52. The fourth-order valence-corrected chi connectivity index (χ4v) is 4.93. The number of benzene rings is 1. The van der Waals surface area contributed by atoms with Gasteiger partial charge in [0, 0.05) is 39.3 Å². The van der Waals surface area contributed by atoms with Gasteiger partial charge in [0.2, 0.25) is 15.9 Å². The Bertz CT molecular complexity index is 773. The zero-order chi connectivity index (χ0) is 20.4. The number of carbonyl (C=O) groups is 1. The van der Waals surface area contributed by atoms with E-state index in [1.165, 1.54) is 4.31 Å². The molecule has 0 atom stereocenters. The first-order chi connectivity index (χ1) is 13.2. The van der Waals surface area contributed by atoms with Crippen LogP contribution in [0.25, 0.3) is 0 Å². The zero-order valence-corrected chi connectivity index (χ0v) is 17.9. The molecule has 2 aliphatic rings. The van der Waals surface area contributed by atoms with Crippen molar-refractivity contribution in [1.82, 2.24) is 14.1 Å². The van der Waals surface area contributed by atoms with E-state index in [9.17, 15) is 13.2 Å². The molecule has 1 aromatic rings. The first-order valence-corrected chi connectivity index (χ1v) is 11.3. The second-order valence-corrected chi connectivity index (χ2v) is 10.4. The van der Waals surface area contributed by atoms with Gasteiger partial charge in [-0.1, -0.05) is 32.9 Å². The monoisotopic (exact) mass is 409 g/mol. The van der Waals surface area contributed by atoms with Crippen molar-refractivity contribution in [2.45, 2.75) is 31.1 Å². The first-order valence-electron chi connectivity index (χ1n) is 9.86. The minimum atomic E-state index is -3.50. The van der Waals surface area contributed by atoms with Crippen LogP contribution in [0.5, 0.6) is 0 Å². The van der Waals surface area contributed by atoms with E-state index in [2.05, 4.69) is 20.8 Å². The van der Waals surface area contributed by atoms with Crippen LogP contribution in [0.4, 0.5) is 0 Å². The number of morpholine rings is 1. The topological polar surface area (TPSA) is 70.2 Å². The molecule has 0 unspecified atom stereocenters. The smallest absolute Gasteiger partial charge is 0.243 e. The lowest BCUT2D eigenvalue weighted by molar-refractivity contribution is -0.136. The van der Waals surface area contributed by atoms with Crippen LogP contribution < -0.4 is 0 Å². The highest BCUT2D eigenvalue weighted by Gasteiger charge is 2.30. The van der Waals surface area contributed by atoms with Crippen LogP contribution in [0.1, 0.15) is 26.3 Å². The van der Waals surface area contributed by atoms with Crippen LogP contribution in [0, 0.1) is 0 Å². The standard InChI is InChI=1S/C20H31N3O4S/c1-20(2,3)17-4-6-18(7-5-17)28(25,26)23-10-8-21(9-11-23)16-19(24)22-12-14-27-15-13-22/h4-7H,8-16H2,1-3H3. The van der Waals surface area contributed by atoms with Crippen LogP contribution in [0.3, 0.4) is 0 Å². The molecule has 1 amide bonds. The number of hydrogen-bond donors (Lipinski definition) is 0. The van der Waals surface area contributed by atoms with Gasteiger partial charge in [0.1, 0.15) is 0 Å². The maximum absolute atomic E-state index is 12.9. The minimum absolute atomic E-state index is 0.0130. The fraction of sp³-hybridized carbons (Fsp3) is 0.650. The van der Waals surface area contributed by atoms with Crippen molar-refractivity contribution in [1.29, 1.82) is 0 Å². The highest BCUT2D eigenvalue weighted by Crippen LogP contribution is 2.25. The Morgan fingerprint density at radius 1 is 0.964 bits per heavy atom. The molecule has 2 aliphatic heterocycles. The van der Waals surface area contributed by atoms with Crippen LogP contribution in [0.15, 0.2) is 29.2 Å². The van der Waals surface area contributed by atoms with Gasteiger partial charge in [-0.2, -0.15) is 4.31 Å². The van der Waals surface area contributed by atoms with Crippen LogP contribution in [-0.2, 0) is 25.0 Å². The fourth-order valence-electron chi connectivity index (χ4n) is 3.51. The molecule has 2 saturated heterocycles. The molecule has 1 aromatic carbocycles. The third-order valence-electron chi connectivity index (χ3n) is 5.41. The van der Waals surface area contributed by atoms with E-state index in [0.29, 0.717) is 63.9 Å². The average molecular weight is 410 g/mol. The van der Waals surface area contributed by atoms with E-state index >= 15 is 0 Å². The van der Waals surface area contributed by atoms with Gasteiger partial charge < -0.3 is 9.64 Å². The maximum Gasteiger partial charge on any atom is 0.243 e. The largest absolute Gasteiger partial charge is 0.378 e. The summed E-state index contributed by atoms with van der Waals surface area (Å²) in [5.41, 5.74) is 1.10. The Kier molecular flexibility index (Phi) is 6.44. The lowest BCUT2D eigenvalue weighted by atomic mass is 9.87. The zero-order valence-electron chi connectivity index (χ0n) is 17.1.